The van der Waals surface area contributed by atoms with Crippen LogP contribution in [-0.2, 0) is 6.42 Å². The van der Waals surface area contributed by atoms with E-state index in [2.05, 4.69) is 11.0 Å². The van der Waals surface area contributed by atoms with Crippen molar-refractivity contribution in [2.45, 2.75) is 44.6 Å². The number of fused-ring (bicyclic) bond motifs is 1. The minimum Gasteiger partial charge on any atom is -0.492 e. The molecule has 1 fully saturated rings. The van der Waals surface area contributed by atoms with Gasteiger partial charge in [0.15, 0.2) is 0 Å². The molecule has 1 saturated heterocycles. The van der Waals surface area contributed by atoms with Crippen LogP contribution in [0.1, 0.15) is 49.3 Å². The molecule has 0 bridgehead atoms. The average Bonchev–Trinajstić information content (AvgIpc) is 2.49. The number of ether oxygens (including phenoxy) is 1. The molecule has 3 heteroatoms. The summed E-state index contributed by atoms with van der Waals surface area (Å²) >= 11 is 0. The maximum atomic E-state index is 10.1. The van der Waals surface area contributed by atoms with Gasteiger partial charge in [0.1, 0.15) is 12.4 Å². The van der Waals surface area contributed by atoms with Gasteiger partial charge in [-0.15, -0.1) is 0 Å². The lowest BCUT2D eigenvalue weighted by Gasteiger charge is -2.26. The van der Waals surface area contributed by atoms with Crippen molar-refractivity contribution >= 4 is 0 Å². The van der Waals surface area contributed by atoms with Gasteiger partial charge >= 0.3 is 0 Å². The van der Waals surface area contributed by atoms with Crippen molar-refractivity contribution in [2.24, 2.45) is 0 Å². The fourth-order valence-corrected chi connectivity index (χ4v) is 3.32. The van der Waals surface area contributed by atoms with E-state index in [0.717, 1.165) is 43.7 Å². The number of hydrogen-bond donors (Lipinski definition) is 1. The van der Waals surface area contributed by atoms with Gasteiger partial charge in [-0.1, -0.05) is 12.5 Å². The van der Waals surface area contributed by atoms with Crippen LogP contribution in [0, 0.1) is 0 Å². The van der Waals surface area contributed by atoms with Crippen molar-refractivity contribution in [3.05, 3.63) is 29.3 Å². The Morgan fingerprint density at radius 3 is 2.85 bits per heavy atom. The molecular weight excluding hydrogens is 250 g/mol. The van der Waals surface area contributed by atoms with Gasteiger partial charge in [-0.25, -0.2) is 0 Å². The van der Waals surface area contributed by atoms with Gasteiger partial charge in [-0.05, 0) is 68.5 Å². The van der Waals surface area contributed by atoms with Crippen molar-refractivity contribution in [1.29, 1.82) is 0 Å². The van der Waals surface area contributed by atoms with E-state index in [9.17, 15) is 5.11 Å². The molecule has 0 saturated carbocycles. The Morgan fingerprint density at radius 1 is 1.15 bits per heavy atom. The van der Waals surface area contributed by atoms with E-state index in [1.165, 1.54) is 37.9 Å². The zero-order valence-electron chi connectivity index (χ0n) is 12.2. The van der Waals surface area contributed by atoms with Crippen LogP contribution in [0.4, 0.5) is 0 Å². The molecule has 1 aromatic carbocycles. The lowest BCUT2D eigenvalue weighted by Crippen LogP contribution is -2.33. The summed E-state index contributed by atoms with van der Waals surface area (Å²) in [5.41, 5.74) is 2.36. The topological polar surface area (TPSA) is 32.7 Å². The maximum Gasteiger partial charge on any atom is 0.119 e. The monoisotopic (exact) mass is 275 g/mol. The van der Waals surface area contributed by atoms with E-state index in [0.29, 0.717) is 0 Å². The molecule has 3 nitrogen and oxygen atoms in total. The molecule has 3 rings (SSSR count). The Balaban J connectivity index is 1.53. The molecule has 1 aliphatic carbocycles. The number of hydrogen-bond acceptors (Lipinski definition) is 3. The van der Waals surface area contributed by atoms with E-state index >= 15 is 0 Å². The zero-order chi connectivity index (χ0) is 13.8. The Morgan fingerprint density at radius 2 is 2.00 bits per heavy atom. The van der Waals surface area contributed by atoms with Gasteiger partial charge in [-0.3, -0.25) is 4.90 Å². The van der Waals surface area contributed by atoms with E-state index in [1.54, 1.807) is 0 Å². The summed E-state index contributed by atoms with van der Waals surface area (Å²) < 4.78 is 5.87. The third kappa shape index (κ3) is 3.33. The fraction of sp³-hybridized carbons (Fsp3) is 0.647. The van der Waals surface area contributed by atoms with E-state index in [-0.39, 0.29) is 6.10 Å². The lowest BCUT2D eigenvalue weighted by molar-refractivity contribution is 0.155. The third-order valence-electron chi connectivity index (χ3n) is 4.52. The number of aliphatic hydroxyl groups excluding tert-OH is 1. The average molecular weight is 275 g/mol. The molecule has 2 aliphatic rings. The van der Waals surface area contributed by atoms with Crippen LogP contribution < -0.4 is 4.74 Å². The van der Waals surface area contributed by atoms with Crippen LogP contribution in [0.5, 0.6) is 5.75 Å². The molecule has 110 valence electrons. The first-order valence-corrected chi connectivity index (χ1v) is 7.99. The highest BCUT2D eigenvalue weighted by Crippen LogP contribution is 2.32. The second kappa shape index (κ2) is 6.59. The van der Waals surface area contributed by atoms with Gasteiger partial charge in [0.05, 0.1) is 6.10 Å². The molecule has 0 spiro atoms. The molecule has 1 aliphatic heterocycles. The molecule has 0 aromatic heterocycles. The molecule has 1 heterocycles. The molecule has 0 radical (unpaired) electrons. The van der Waals surface area contributed by atoms with Gasteiger partial charge in [-0.2, -0.15) is 0 Å². The Bertz CT molecular complexity index is 441. The summed E-state index contributed by atoms with van der Waals surface area (Å²) in [6, 6.07) is 6.20. The molecule has 1 N–H and O–H groups in total. The molecule has 1 atom stereocenters. The molecule has 0 unspecified atom stereocenters. The number of aliphatic hydroxyl groups is 1. The predicted molar refractivity (Wildman–Crippen MR) is 80.1 cm³/mol. The van der Waals surface area contributed by atoms with Crippen LogP contribution >= 0.6 is 0 Å². The minimum atomic E-state index is -0.301. The first-order chi connectivity index (χ1) is 9.83. The molecule has 1 aromatic rings. The summed E-state index contributed by atoms with van der Waals surface area (Å²) in [6.45, 7) is 4.19. The highest BCUT2D eigenvalue weighted by atomic mass is 16.5. The second-order valence-electron chi connectivity index (χ2n) is 6.02. The number of nitrogens with zero attached hydrogens (tertiary/aromatic N) is 1. The minimum absolute atomic E-state index is 0.301. The van der Waals surface area contributed by atoms with E-state index < -0.39 is 0 Å². The summed E-state index contributed by atoms with van der Waals surface area (Å²) in [5, 5.41) is 10.1. The maximum absolute atomic E-state index is 10.1. The van der Waals surface area contributed by atoms with E-state index in [1.807, 2.05) is 12.1 Å². The van der Waals surface area contributed by atoms with Crippen LogP contribution in [0.3, 0.4) is 0 Å². The summed E-state index contributed by atoms with van der Waals surface area (Å²) in [5.74, 6) is 0.904. The lowest BCUT2D eigenvalue weighted by atomic mass is 9.89. The van der Waals surface area contributed by atoms with E-state index in [4.69, 9.17) is 4.74 Å². The van der Waals surface area contributed by atoms with Gasteiger partial charge in [0, 0.05) is 6.54 Å². The molecular formula is C17H25NO2. The normalized spacial score (nSPS) is 23.4. The van der Waals surface area contributed by atoms with Crippen LogP contribution in [0.2, 0.25) is 0 Å². The SMILES string of the molecule is O[C@H]1CCCc2ccc(OCCN3CCCCC3)cc21. The third-order valence-corrected chi connectivity index (χ3v) is 4.52. The number of piperidine rings is 1. The predicted octanol–water partition coefficient (Wildman–Crippen LogP) is 2.92. The van der Waals surface area contributed by atoms with Crippen molar-refractivity contribution in [2.75, 3.05) is 26.2 Å². The summed E-state index contributed by atoms with van der Waals surface area (Å²) in [7, 11) is 0. The summed E-state index contributed by atoms with van der Waals surface area (Å²) in [4.78, 5) is 2.48. The van der Waals surface area contributed by atoms with Crippen molar-refractivity contribution in [1.82, 2.24) is 4.90 Å². The first-order valence-electron chi connectivity index (χ1n) is 7.99. The smallest absolute Gasteiger partial charge is 0.119 e. The van der Waals surface area contributed by atoms with Crippen molar-refractivity contribution in [3.8, 4) is 5.75 Å². The Kier molecular flexibility index (Phi) is 4.58. The standard InChI is InChI=1S/C17H25NO2/c19-17-6-4-5-14-7-8-15(13-16(14)17)20-12-11-18-9-2-1-3-10-18/h7-8,13,17,19H,1-6,9-12H2/t17-/m0/s1. The largest absolute Gasteiger partial charge is 0.492 e. The summed E-state index contributed by atoms with van der Waals surface area (Å²) in [6.07, 6.45) is 6.77. The highest BCUT2D eigenvalue weighted by Gasteiger charge is 2.18. The fourth-order valence-electron chi connectivity index (χ4n) is 3.32. The van der Waals surface area contributed by atoms with Crippen LogP contribution in [0.15, 0.2) is 18.2 Å². The number of aryl methyl sites for hydroxylation is 1. The highest BCUT2D eigenvalue weighted by molar-refractivity contribution is 5.38. The quantitative estimate of drug-likeness (QED) is 0.917. The second-order valence-corrected chi connectivity index (χ2v) is 6.02. The molecule has 20 heavy (non-hydrogen) atoms. The Hall–Kier alpha value is -1.06. The van der Waals surface area contributed by atoms with Crippen molar-refractivity contribution in [3.63, 3.8) is 0 Å². The zero-order valence-corrected chi connectivity index (χ0v) is 12.2. The number of rotatable bonds is 4. The van der Waals surface area contributed by atoms with Crippen molar-refractivity contribution < 1.29 is 9.84 Å². The number of likely N-dealkylation sites (tertiary alicyclic amines) is 1. The van der Waals surface area contributed by atoms with Gasteiger partial charge in [0.25, 0.3) is 0 Å². The molecule has 0 amide bonds. The van der Waals surface area contributed by atoms with Gasteiger partial charge < -0.3 is 9.84 Å². The number of benzene rings is 1. The van der Waals surface area contributed by atoms with Crippen LogP contribution in [-0.4, -0.2) is 36.2 Å². The Labute approximate surface area is 121 Å². The van der Waals surface area contributed by atoms with Crippen LogP contribution in [0.25, 0.3) is 0 Å². The van der Waals surface area contributed by atoms with Gasteiger partial charge in [0.2, 0.25) is 0 Å². The first kappa shape index (κ1) is 13.9.